The fourth-order valence-corrected chi connectivity index (χ4v) is 2.64. The molecule has 4 nitrogen and oxygen atoms in total. The third-order valence-corrected chi connectivity index (χ3v) is 3.88. The van der Waals surface area contributed by atoms with Gasteiger partial charge in [-0.05, 0) is 24.1 Å². The standard InChI is InChI=1S/C19H17F2N3O/c1-2-18-15(11-22-24(18)12-13-6-4-3-5-7-13)19(25)23-14-8-9-16(20)17(21)10-14/h3-11H,2,12H2,1H3,(H,23,25). The molecule has 0 saturated heterocycles. The molecule has 2 aromatic carbocycles. The topological polar surface area (TPSA) is 46.9 Å². The van der Waals surface area contributed by atoms with Crippen LogP contribution in [0.5, 0.6) is 0 Å². The molecule has 0 fully saturated rings. The molecule has 0 saturated carbocycles. The van der Waals surface area contributed by atoms with Crippen molar-refractivity contribution in [2.45, 2.75) is 19.9 Å². The summed E-state index contributed by atoms with van der Waals surface area (Å²) in [4.78, 5) is 12.5. The average Bonchev–Trinajstić information content (AvgIpc) is 3.02. The van der Waals surface area contributed by atoms with Crippen LogP contribution in [0.2, 0.25) is 0 Å². The Morgan fingerprint density at radius 2 is 1.88 bits per heavy atom. The number of benzene rings is 2. The Bertz CT molecular complexity index is 891. The van der Waals surface area contributed by atoms with Gasteiger partial charge in [0.2, 0.25) is 0 Å². The smallest absolute Gasteiger partial charge is 0.259 e. The lowest BCUT2D eigenvalue weighted by molar-refractivity contribution is 0.102. The van der Waals surface area contributed by atoms with Gasteiger partial charge in [0, 0.05) is 11.8 Å². The van der Waals surface area contributed by atoms with E-state index >= 15 is 0 Å². The van der Waals surface area contributed by atoms with Crippen molar-refractivity contribution in [1.29, 1.82) is 0 Å². The second-order valence-electron chi connectivity index (χ2n) is 5.58. The van der Waals surface area contributed by atoms with Gasteiger partial charge in [0.15, 0.2) is 11.6 Å². The SMILES string of the molecule is CCc1c(C(=O)Nc2ccc(F)c(F)c2)cnn1Cc1ccccc1. The molecule has 1 heterocycles. The van der Waals surface area contributed by atoms with Gasteiger partial charge in [-0.25, -0.2) is 8.78 Å². The van der Waals surface area contributed by atoms with Crippen LogP contribution in [0.25, 0.3) is 0 Å². The number of hydrogen-bond acceptors (Lipinski definition) is 2. The van der Waals surface area contributed by atoms with Crippen LogP contribution in [0.15, 0.2) is 54.7 Å². The van der Waals surface area contributed by atoms with Crippen molar-refractivity contribution >= 4 is 11.6 Å². The molecule has 0 aliphatic heterocycles. The van der Waals surface area contributed by atoms with Crippen LogP contribution >= 0.6 is 0 Å². The highest BCUT2D eigenvalue weighted by molar-refractivity contribution is 6.04. The lowest BCUT2D eigenvalue weighted by atomic mass is 10.1. The predicted octanol–water partition coefficient (Wildman–Crippen LogP) is 4.02. The highest BCUT2D eigenvalue weighted by Crippen LogP contribution is 2.17. The highest BCUT2D eigenvalue weighted by Gasteiger charge is 2.17. The lowest BCUT2D eigenvalue weighted by Gasteiger charge is -2.09. The monoisotopic (exact) mass is 341 g/mol. The molecule has 1 N–H and O–H groups in total. The summed E-state index contributed by atoms with van der Waals surface area (Å²) in [5.74, 6) is -2.36. The highest BCUT2D eigenvalue weighted by atomic mass is 19.2. The zero-order valence-corrected chi connectivity index (χ0v) is 13.7. The molecule has 0 aliphatic rings. The van der Waals surface area contributed by atoms with E-state index in [2.05, 4.69) is 10.4 Å². The third-order valence-electron chi connectivity index (χ3n) is 3.88. The van der Waals surface area contributed by atoms with E-state index in [1.54, 1.807) is 4.68 Å². The van der Waals surface area contributed by atoms with Crippen molar-refractivity contribution in [1.82, 2.24) is 9.78 Å². The van der Waals surface area contributed by atoms with Crippen LogP contribution < -0.4 is 5.32 Å². The molecule has 3 rings (SSSR count). The third kappa shape index (κ3) is 3.74. The van der Waals surface area contributed by atoms with Crippen LogP contribution in [-0.4, -0.2) is 15.7 Å². The van der Waals surface area contributed by atoms with E-state index in [0.29, 0.717) is 18.5 Å². The molecule has 6 heteroatoms. The number of amides is 1. The van der Waals surface area contributed by atoms with Gasteiger partial charge >= 0.3 is 0 Å². The Morgan fingerprint density at radius 3 is 2.56 bits per heavy atom. The minimum Gasteiger partial charge on any atom is -0.322 e. The van der Waals surface area contributed by atoms with Crippen LogP contribution in [0.4, 0.5) is 14.5 Å². The first kappa shape index (κ1) is 16.8. The van der Waals surface area contributed by atoms with Crippen molar-refractivity contribution in [3.05, 3.63) is 83.2 Å². The normalized spacial score (nSPS) is 10.7. The zero-order chi connectivity index (χ0) is 17.8. The summed E-state index contributed by atoms with van der Waals surface area (Å²) in [5, 5.41) is 6.88. The number of nitrogens with zero attached hydrogens (tertiary/aromatic N) is 2. The maximum absolute atomic E-state index is 13.3. The molecule has 0 aliphatic carbocycles. The molecule has 0 unspecified atom stereocenters. The first-order valence-electron chi connectivity index (χ1n) is 7.93. The average molecular weight is 341 g/mol. The Balaban J connectivity index is 1.82. The Kier molecular flexibility index (Phi) is 4.88. The molecular weight excluding hydrogens is 324 g/mol. The largest absolute Gasteiger partial charge is 0.322 e. The van der Waals surface area contributed by atoms with Crippen LogP contribution in [0.1, 0.15) is 28.5 Å². The maximum Gasteiger partial charge on any atom is 0.259 e. The molecule has 0 spiro atoms. The zero-order valence-electron chi connectivity index (χ0n) is 13.7. The number of aromatic nitrogens is 2. The molecule has 25 heavy (non-hydrogen) atoms. The van der Waals surface area contributed by atoms with Gasteiger partial charge < -0.3 is 5.32 Å². The first-order chi connectivity index (χ1) is 12.1. The number of hydrogen-bond donors (Lipinski definition) is 1. The van der Waals surface area contributed by atoms with Crippen molar-refractivity contribution in [2.75, 3.05) is 5.32 Å². The van der Waals surface area contributed by atoms with Gasteiger partial charge in [-0.2, -0.15) is 5.10 Å². The minimum absolute atomic E-state index is 0.196. The number of carbonyl (C=O) groups is 1. The quantitative estimate of drug-likeness (QED) is 0.762. The maximum atomic E-state index is 13.3. The molecule has 0 radical (unpaired) electrons. The van der Waals surface area contributed by atoms with E-state index in [4.69, 9.17) is 0 Å². The fraction of sp³-hybridized carbons (Fsp3) is 0.158. The van der Waals surface area contributed by atoms with E-state index in [1.807, 2.05) is 37.3 Å². The van der Waals surface area contributed by atoms with Gasteiger partial charge in [-0.15, -0.1) is 0 Å². The summed E-state index contributed by atoms with van der Waals surface area (Å²) in [5.41, 5.74) is 2.47. The number of anilines is 1. The Labute approximate surface area is 144 Å². The molecule has 128 valence electrons. The molecular formula is C19H17F2N3O. The van der Waals surface area contributed by atoms with Crippen LogP contribution in [0, 0.1) is 11.6 Å². The van der Waals surface area contributed by atoms with E-state index < -0.39 is 17.5 Å². The van der Waals surface area contributed by atoms with Crippen molar-refractivity contribution in [3.8, 4) is 0 Å². The van der Waals surface area contributed by atoms with Gasteiger partial charge in [0.05, 0.1) is 24.0 Å². The number of carbonyl (C=O) groups excluding carboxylic acids is 1. The number of nitrogens with one attached hydrogen (secondary N) is 1. The van der Waals surface area contributed by atoms with Gasteiger partial charge in [0.1, 0.15) is 0 Å². The van der Waals surface area contributed by atoms with Gasteiger partial charge in [-0.1, -0.05) is 37.3 Å². The van der Waals surface area contributed by atoms with Crippen molar-refractivity contribution < 1.29 is 13.6 Å². The second kappa shape index (κ2) is 7.25. The predicted molar refractivity (Wildman–Crippen MR) is 91.5 cm³/mol. The molecule has 1 amide bonds. The van der Waals surface area contributed by atoms with Gasteiger partial charge in [-0.3, -0.25) is 9.48 Å². The number of rotatable bonds is 5. The Morgan fingerprint density at radius 1 is 1.12 bits per heavy atom. The summed E-state index contributed by atoms with van der Waals surface area (Å²) < 4.78 is 28.0. The molecule has 1 aromatic heterocycles. The van der Waals surface area contributed by atoms with E-state index in [1.165, 1.54) is 12.3 Å². The lowest BCUT2D eigenvalue weighted by Crippen LogP contribution is -2.15. The van der Waals surface area contributed by atoms with E-state index in [9.17, 15) is 13.6 Å². The van der Waals surface area contributed by atoms with E-state index in [0.717, 1.165) is 23.4 Å². The summed E-state index contributed by atoms with van der Waals surface area (Å²) in [7, 11) is 0. The summed E-state index contributed by atoms with van der Waals surface area (Å²) in [6.07, 6.45) is 2.12. The van der Waals surface area contributed by atoms with Crippen LogP contribution in [-0.2, 0) is 13.0 Å². The fourth-order valence-electron chi connectivity index (χ4n) is 2.64. The molecule has 0 bridgehead atoms. The number of halogens is 2. The Hall–Kier alpha value is -3.02. The van der Waals surface area contributed by atoms with Gasteiger partial charge in [0.25, 0.3) is 5.91 Å². The summed E-state index contributed by atoms with van der Waals surface area (Å²) in [6.45, 7) is 2.50. The van der Waals surface area contributed by atoms with E-state index in [-0.39, 0.29) is 5.69 Å². The van der Waals surface area contributed by atoms with Crippen LogP contribution in [0.3, 0.4) is 0 Å². The summed E-state index contributed by atoms with van der Waals surface area (Å²) in [6, 6.07) is 13.1. The summed E-state index contributed by atoms with van der Waals surface area (Å²) >= 11 is 0. The first-order valence-corrected chi connectivity index (χ1v) is 7.93. The van der Waals surface area contributed by atoms with Crippen molar-refractivity contribution in [3.63, 3.8) is 0 Å². The van der Waals surface area contributed by atoms with Crippen molar-refractivity contribution in [2.24, 2.45) is 0 Å². The second-order valence-corrected chi connectivity index (χ2v) is 5.58. The molecule has 0 atom stereocenters. The molecule has 3 aromatic rings. The minimum atomic E-state index is -1.01.